The standard InChI is InChI=1S/C22H20O6/c1-24-15-5-6-16-12(8-15)7-14-11-28-22(23)20(14)19(16)13-9-17(25-2)21(27-4)18(10-13)26-3/h5-10H,11H2,1-4H3. The number of ether oxygens (including phenoxy) is 5. The molecular formula is C22H20O6. The summed E-state index contributed by atoms with van der Waals surface area (Å²) in [7, 11) is 6.31. The molecule has 0 unspecified atom stereocenters. The number of methoxy groups -OCH3 is 4. The minimum absolute atomic E-state index is 0.249. The fourth-order valence-corrected chi connectivity index (χ4v) is 3.66. The van der Waals surface area contributed by atoms with E-state index in [-0.39, 0.29) is 12.6 Å². The van der Waals surface area contributed by atoms with Gasteiger partial charge in [0, 0.05) is 11.1 Å². The fourth-order valence-electron chi connectivity index (χ4n) is 3.66. The van der Waals surface area contributed by atoms with E-state index < -0.39 is 0 Å². The van der Waals surface area contributed by atoms with Crippen LogP contribution in [0.3, 0.4) is 0 Å². The van der Waals surface area contributed by atoms with Crippen molar-refractivity contribution in [2.45, 2.75) is 6.61 Å². The highest BCUT2D eigenvalue weighted by Crippen LogP contribution is 2.45. The molecule has 144 valence electrons. The van der Waals surface area contributed by atoms with Gasteiger partial charge in [-0.2, -0.15) is 0 Å². The summed E-state index contributed by atoms with van der Waals surface area (Å²) in [6.45, 7) is 0.249. The van der Waals surface area contributed by atoms with Crippen LogP contribution in [0, 0.1) is 0 Å². The zero-order valence-electron chi connectivity index (χ0n) is 16.1. The van der Waals surface area contributed by atoms with Gasteiger partial charge in [0.25, 0.3) is 0 Å². The Hall–Kier alpha value is -3.41. The first-order valence-corrected chi connectivity index (χ1v) is 8.72. The Bertz CT molecular complexity index is 1060. The number of cyclic esters (lactones) is 1. The van der Waals surface area contributed by atoms with Crippen LogP contribution in [-0.4, -0.2) is 34.4 Å². The topological polar surface area (TPSA) is 63.2 Å². The number of carbonyl (C=O) groups is 1. The molecule has 4 rings (SSSR count). The Morgan fingerprint density at radius 2 is 1.54 bits per heavy atom. The van der Waals surface area contributed by atoms with Crippen LogP contribution in [0.2, 0.25) is 0 Å². The van der Waals surface area contributed by atoms with Crippen LogP contribution < -0.4 is 18.9 Å². The molecule has 1 aliphatic heterocycles. The highest BCUT2D eigenvalue weighted by Gasteiger charge is 2.29. The minimum atomic E-state index is -0.337. The molecule has 0 radical (unpaired) electrons. The Kier molecular flexibility index (Phi) is 4.47. The van der Waals surface area contributed by atoms with Gasteiger partial charge in [-0.05, 0) is 46.7 Å². The van der Waals surface area contributed by atoms with Crippen molar-refractivity contribution in [1.82, 2.24) is 0 Å². The van der Waals surface area contributed by atoms with Crippen LogP contribution in [0.5, 0.6) is 23.0 Å². The van der Waals surface area contributed by atoms with E-state index in [0.29, 0.717) is 22.8 Å². The summed E-state index contributed by atoms with van der Waals surface area (Å²) >= 11 is 0. The number of rotatable bonds is 5. The van der Waals surface area contributed by atoms with Crippen LogP contribution in [-0.2, 0) is 11.3 Å². The lowest BCUT2D eigenvalue weighted by molar-refractivity contribution is 0.0535. The van der Waals surface area contributed by atoms with Gasteiger partial charge in [-0.1, -0.05) is 6.07 Å². The first-order valence-electron chi connectivity index (χ1n) is 8.72. The lowest BCUT2D eigenvalue weighted by Gasteiger charge is -2.17. The SMILES string of the molecule is COc1ccc2c(-c3cc(OC)c(OC)c(OC)c3)c3c(cc2c1)COC3=O. The van der Waals surface area contributed by atoms with Crippen molar-refractivity contribution in [2.75, 3.05) is 28.4 Å². The Morgan fingerprint density at radius 3 is 2.14 bits per heavy atom. The molecule has 0 amide bonds. The first kappa shape index (κ1) is 18.0. The lowest BCUT2D eigenvalue weighted by Crippen LogP contribution is -2.01. The zero-order valence-corrected chi connectivity index (χ0v) is 16.1. The van der Waals surface area contributed by atoms with Gasteiger partial charge < -0.3 is 23.7 Å². The van der Waals surface area contributed by atoms with Gasteiger partial charge in [0.2, 0.25) is 5.75 Å². The molecule has 0 saturated carbocycles. The molecule has 6 heteroatoms. The molecule has 1 aliphatic rings. The molecule has 0 aromatic heterocycles. The van der Waals surface area contributed by atoms with E-state index in [2.05, 4.69) is 0 Å². The smallest absolute Gasteiger partial charge is 0.339 e. The molecule has 0 N–H and O–H groups in total. The molecular weight excluding hydrogens is 360 g/mol. The highest BCUT2D eigenvalue weighted by molar-refractivity contribution is 6.11. The molecule has 0 fully saturated rings. The maximum atomic E-state index is 12.5. The second kappa shape index (κ2) is 6.96. The summed E-state index contributed by atoms with van der Waals surface area (Å²) in [4.78, 5) is 12.5. The highest BCUT2D eigenvalue weighted by atomic mass is 16.5. The third-order valence-electron chi connectivity index (χ3n) is 4.95. The van der Waals surface area contributed by atoms with E-state index in [1.165, 1.54) is 0 Å². The molecule has 0 saturated heterocycles. The van der Waals surface area contributed by atoms with Crippen molar-refractivity contribution in [1.29, 1.82) is 0 Å². The molecule has 0 atom stereocenters. The van der Waals surface area contributed by atoms with E-state index in [0.717, 1.165) is 33.2 Å². The van der Waals surface area contributed by atoms with Crippen molar-refractivity contribution in [2.24, 2.45) is 0 Å². The fraction of sp³-hybridized carbons (Fsp3) is 0.227. The molecule has 3 aromatic carbocycles. The van der Waals surface area contributed by atoms with Gasteiger partial charge in [-0.15, -0.1) is 0 Å². The van der Waals surface area contributed by atoms with Crippen molar-refractivity contribution < 1.29 is 28.5 Å². The maximum Gasteiger partial charge on any atom is 0.339 e. The third kappa shape index (κ3) is 2.69. The average molecular weight is 380 g/mol. The molecule has 1 heterocycles. The van der Waals surface area contributed by atoms with Gasteiger partial charge in [0.05, 0.1) is 34.0 Å². The predicted octanol–water partition coefficient (Wildman–Crippen LogP) is 4.21. The summed E-state index contributed by atoms with van der Waals surface area (Å²) in [5.74, 6) is 1.94. The number of esters is 1. The number of carbonyl (C=O) groups excluding carboxylic acids is 1. The zero-order chi connectivity index (χ0) is 19.8. The van der Waals surface area contributed by atoms with Gasteiger partial charge in [0.1, 0.15) is 12.4 Å². The van der Waals surface area contributed by atoms with E-state index in [1.807, 2.05) is 36.4 Å². The third-order valence-corrected chi connectivity index (χ3v) is 4.95. The van der Waals surface area contributed by atoms with Gasteiger partial charge >= 0.3 is 5.97 Å². The van der Waals surface area contributed by atoms with E-state index in [4.69, 9.17) is 23.7 Å². The Labute approximate surface area is 162 Å². The monoisotopic (exact) mass is 380 g/mol. The summed E-state index contributed by atoms with van der Waals surface area (Å²) in [5, 5.41) is 1.87. The van der Waals surface area contributed by atoms with Crippen LogP contribution in [0.15, 0.2) is 36.4 Å². The number of fused-ring (bicyclic) bond motifs is 2. The molecule has 6 nitrogen and oxygen atoms in total. The number of hydrogen-bond acceptors (Lipinski definition) is 6. The van der Waals surface area contributed by atoms with E-state index in [1.54, 1.807) is 28.4 Å². The van der Waals surface area contributed by atoms with Crippen molar-refractivity contribution >= 4 is 16.7 Å². The average Bonchev–Trinajstić information content (AvgIpc) is 3.10. The van der Waals surface area contributed by atoms with Crippen LogP contribution in [0.4, 0.5) is 0 Å². The largest absolute Gasteiger partial charge is 0.497 e. The number of hydrogen-bond donors (Lipinski definition) is 0. The molecule has 0 spiro atoms. The number of benzene rings is 3. The van der Waals surface area contributed by atoms with Crippen molar-refractivity contribution in [3.05, 3.63) is 47.5 Å². The van der Waals surface area contributed by atoms with Crippen molar-refractivity contribution in [3.8, 4) is 34.1 Å². The van der Waals surface area contributed by atoms with Gasteiger partial charge in [0.15, 0.2) is 11.5 Å². The molecule has 0 bridgehead atoms. The summed E-state index contributed by atoms with van der Waals surface area (Å²) in [6, 6.07) is 11.4. The lowest BCUT2D eigenvalue weighted by atomic mass is 9.90. The van der Waals surface area contributed by atoms with E-state index in [9.17, 15) is 4.79 Å². The summed E-state index contributed by atoms with van der Waals surface area (Å²) < 4.78 is 27.1. The Balaban J connectivity index is 2.08. The molecule has 0 aliphatic carbocycles. The minimum Gasteiger partial charge on any atom is -0.497 e. The Morgan fingerprint density at radius 1 is 0.821 bits per heavy atom. The van der Waals surface area contributed by atoms with Crippen LogP contribution in [0.1, 0.15) is 15.9 Å². The molecule has 3 aromatic rings. The van der Waals surface area contributed by atoms with Gasteiger partial charge in [-0.3, -0.25) is 0 Å². The predicted molar refractivity (Wildman–Crippen MR) is 105 cm³/mol. The molecule has 28 heavy (non-hydrogen) atoms. The van der Waals surface area contributed by atoms with Crippen molar-refractivity contribution in [3.63, 3.8) is 0 Å². The van der Waals surface area contributed by atoms with Gasteiger partial charge in [-0.25, -0.2) is 4.79 Å². The second-order valence-electron chi connectivity index (χ2n) is 6.36. The summed E-state index contributed by atoms with van der Waals surface area (Å²) in [5.41, 5.74) is 2.96. The van der Waals surface area contributed by atoms with Crippen LogP contribution in [0.25, 0.3) is 21.9 Å². The quantitative estimate of drug-likeness (QED) is 0.618. The normalized spacial score (nSPS) is 12.5. The van der Waals surface area contributed by atoms with Crippen LogP contribution >= 0.6 is 0 Å². The van der Waals surface area contributed by atoms with E-state index >= 15 is 0 Å². The maximum absolute atomic E-state index is 12.5. The summed E-state index contributed by atoms with van der Waals surface area (Å²) in [6.07, 6.45) is 0. The first-order chi connectivity index (χ1) is 13.6. The second-order valence-corrected chi connectivity index (χ2v) is 6.36.